The van der Waals surface area contributed by atoms with E-state index in [9.17, 15) is 9.59 Å². The lowest BCUT2D eigenvalue weighted by Gasteiger charge is -2.16. The van der Waals surface area contributed by atoms with Crippen molar-refractivity contribution in [2.75, 3.05) is 11.9 Å². The van der Waals surface area contributed by atoms with Crippen LogP contribution in [0.1, 0.15) is 25.6 Å². The maximum atomic E-state index is 13.0. The molecule has 0 saturated carbocycles. The zero-order chi connectivity index (χ0) is 22.7. The van der Waals surface area contributed by atoms with E-state index < -0.39 is 6.04 Å². The van der Waals surface area contributed by atoms with Crippen LogP contribution in [0.3, 0.4) is 0 Å². The third-order valence-electron chi connectivity index (χ3n) is 5.16. The monoisotopic (exact) mass is 428 g/mol. The van der Waals surface area contributed by atoms with Crippen molar-refractivity contribution in [2.24, 2.45) is 0 Å². The van der Waals surface area contributed by atoms with E-state index in [0.29, 0.717) is 18.0 Å². The summed E-state index contributed by atoms with van der Waals surface area (Å²) in [4.78, 5) is 30.0. The minimum absolute atomic E-state index is 0.337. The molecule has 1 N–H and O–H groups in total. The molecule has 7 nitrogen and oxygen atoms in total. The first-order valence-corrected chi connectivity index (χ1v) is 10.5. The van der Waals surface area contributed by atoms with Crippen LogP contribution < -0.4 is 15.6 Å². The quantitative estimate of drug-likeness (QED) is 0.493. The Hall–Kier alpha value is -4.00. The van der Waals surface area contributed by atoms with Gasteiger partial charge < -0.3 is 10.1 Å². The molecule has 0 aliphatic carbocycles. The van der Waals surface area contributed by atoms with E-state index in [0.717, 1.165) is 27.9 Å². The molecule has 4 aromatic rings. The Morgan fingerprint density at radius 3 is 2.59 bits per heavy atom. The normalized spacial score (nSPS) is 11.8. The van der Waals surface area contributed by atoms with Crippen LogP contribution in [-0.4, -0.2) is 27.3 Å². The number of carbonyl (C=O) groups excluding carboxylic acids is 1. The van der Waals surface area contributed by atoms with Crippen molar-refractivity contribution in [1.29, 1.82) is 0 Å². The van der Waals surface area contributed by atoms with E-state index in [1.165, 1.54) is 10.7 Å². The number of nitrogens with one attached hydrogen (secondary N) is 1. The summed E-state index contributed by atoms with van der Waals surface area (Å²) in [5.41, 5.74) is 3.40. The van der Waals surface area contributed by atoms with Crippen LogP contribution in [-0.2, 0) is 4.79 Å². The third-order valence-corrected chi connectivity index (χ3v) is 5.16. The minimum Gasteiger partial charge on any atom is -0.494 e. The Morgan fingerprint density at radius 2 is 1.84 bits per heavy atom. The number of ether oxygens (including phenoxy) is 1. The molecule has 0 saturated heterocycles. The molecule has 2 aromatic carbocycles. The minimum atomic E-state index is -0.807. The number of anilines is 1. The average Bonchev–Trinajstić information content (AvgIpc) is 2.79. The summed E-state index contributed by atoms with van der Waals surface area (Å²) in [5.74, 6) is 0.425. The van der Waals surface area contributed by atoms with Gasteiger partial charge in [0, 0.05) is 22.7 Å². The number of aryl methyl sites for hydroxylation is 1. The van der Waals surface area contributed by atoms with E-state index in [4.69, 9.17) is 4.74 Å². The molecule has 1 atom stereocenters. The first kappa shape index (κ1) is 21.2. The topological polar surface area (TPSA) is 86.1 Å². The van der Waals surface area contributed by atoms with Gasteiger partial charge in [-0.2, -0.15) is 5.10 Å². The van der Waals surface area contributed by atoms with Crippen LogP contribution in [0.5, 0.6) is 5.75 Å². The van der Waals surface area contributed by atoms with Gasteiger partial charge in [0.1, 0.15) is 11.8 Å². The predicted octanol–water partition coefficient (Wildman–Crippen LogP) is 4.37. The number of hydrogen-bond acceptors (Lipinski definition) is 5. The van der Waals surface area contributed by atoms with E-state index in [2.05, 4.69) is 15.4 Å². The number of fused-ring (bicyclic) bond motifs is 1. The molecule has 1 unspecified atom stereocenters. The number of pyridine rings is 1. The van der Waals surface area contributed by atoms with Gasteiger partial charge in [-0.25, -0.2) is 4.68 Å². The van der Waals surface area contributed by atoms with E-state index >= 15 is 0 Å². The highest BCUT2D eigenvalue weighted by Crippen LogP contribution is 2.24. The third kappa shape index (κ3) is 4.37. The number of amides is 1. The number of carbonyl (C=O) groups is 1. The smallest absolute Gasteiger partial charge is 0.267 e. The van der Waals surface area contributed by atoms with Crippen LogP contribution in [0.2, 0.25) is 0 Å². The Balaban J connectivity index is 1.60. The molecule has 162 valence electrons. The molecule has 1 amide bonds. The lowest BCUT2D eigenvalue weighted by atomic mass is 10.1. The van der Waals surface area contributed by atoms with Gasteiger partial charge in [-0.05, 0) is 75.4 Å². The van der Waals surface area contributed by atoms with Crippen molar-refractivity contribution < 1.29 is 9.53 Å². The van der Waals surface area contributed by atoms with Crippen molar-refractivity contribution in [2.45, 2.75) is 26.8 Å². The van der Waals surface area contributed by atoms with E-state index in [-0.39, 0.29) is 11.5 Å². The van der Waals surface area contributed by atoms with Gasteiger partial charge in [-0.3, -0.25) is 14.6 Å². The van der Waals surface area contributed by atoms with Gasteiger partial charge in [0.15, 0.2) is 0 Å². The second-order valence-electron chi connectivity index (χ2n) is 7.45. The van der Waals surface area contributed by atoms with Gasteiger partial charge in [-0.15, -0.1) is 0 Å². The number of aromatic nitrogens is 3. The molecule has 0 radical (unpaired) electrons. The van der Waals surface area contributed by atoms with E-state index in [1.54, 1.807) is 13.0 Å². The zero-order valence-corrected chi connectivity index (χ0v) is 18.2. The summed E-state index contributed by atoms with van der Waals surface area (Å²) in [6.07, 6.45) is 0. The molecule has 0 aliphatic heterocycles. The van der Waals surface area contributed by atoms with Gasteiger partial charge >= 0.3 is 0 Å². The summed E-state index contributed by atoms with van der Waals surface area (Å²) < 4.78 is 6.67. The number of hydrogen-bond donors (Lipinski definition) is 1. The zero-order valence-electron chi connectivity index (χ0n) is 18.2. The van der Waals surface area contributed by atoms with Crippen molar-refractivity contribution in [3.8, 4) is 17.0 Å². The first-order chi connectivity index (χ1) is 15.5. The van der Waals surface area contributed by atoms with Crippen molar-refractivity contribution in [1.82, 2.24) is 14.8 Å². The summed E-state index contributed by atoms with van der Waals surface area (Å²) in [7, 11) is 0. The molecule has 0 bridgehead atoms. The molecule has 0 fully saturated rings. The maximum Gasteiger partial charge on any atom is 0.267 e. The number of benzene rings is 2. The van der Waals surface area contributed by atoms with Gasteiger partial charge in [0.2, 0.25) is 5.91 Å². The molecular formula is C25H24N4O3. The molecule has 7 heteroatoms. The van der Waals surface area contributed by atoms with Gasteiger partial charge in [0.05, 0.1) is 23.5 Å². The lowest BCUT2D eigenvalue weighted by Crippen LogP contribution is -2.33. The summed E-state index contributed by atoms with van der Waals surface area (Å²) in [6.45, 7) is 6.08. The van der Waals surface area contributed by atoms with Crippen molar-refractivity contribution >= 4 is 22.5 Å². The Labute approximate surface area is 185 Å². The van der Waals surface area contributed by atoms with Gasteiger partial charge in [-0.1, -0.05) is 6.07 Å². The fourth-order valence-corrected chi connectivity index (χ4v) is 3.46. The van der Waals surface area contributed by atoms with Crippen LogP contribution in [0.4, 0.5) is 5.69 Å². The maximum absolute atomic E-state index is 13.0. The molecule has 2 aromatic heterocycles. The Bertz CT molecular complexity index is 1330. The number of nitrogens with zero attached hydrogens (tertiary/aromatic N) is 3. The fourth-order valence-electron chi connectivity index (χ4n) is 3.46. The van der Waals surface area contributed by atoms with Gasteiger partial charge in [0.25, 0.3) is 5.56 Å². The Kier molecular flexibility index (Phi) is 5.98. The van der Waals surface area contributed by atoms with Crippen molar-refractivity contribution in [3.63, 3.8) is 0 Å². The molecule has 4 rings (SSSR count). The second kappa shape index (κ2) is 9.01. The highest BCUT2D eigenvalue weighted by molar-refractivity contribution is 6.02. The highest BCUT2D eigenvalue weighted by atomic mass is 16.5. The van der Waals surface area contributed by atoms with Crippen LogP contribution >= 0.6 is 0 Å². The number of rotatable bonds is 6. The summed E-state index contributed by atoms with van der Waals surface area (Å²) in [5, 5.41) is 8.20. The molecule has 0 spiro atoms. The largest absolute Gasteiger partial charge is 0.494 e. The summed E-state index contributed by atoms with van der Waals surface area (Å²) in [6, 6.07) is 19.1. The lowest BCUT2D eigenvalue weighted by molar-refractivity contribution is -0.119. The van der Waals surface area contributed by atoms with Crippen LogP contribution in [0, 0.1) is 6.92 Å². The second-order valence-corrected chi connectivity index (χ2v) is 7.45. The van der Waals surface area contributed by atoms with E-state index in [1.807, 2.05) is 68.4 Å². The Morgan fingerprint density at radius 1 is 1.06 bits per heavy atom. The predicted molar refractivity (Wildman–Crippen MR) is 125 cm³/mol. The van der Waals surface area contributed by atoms with Crippen LogP contribution in [0.25, 0.3) is 22.2 Å². The van der Waals surface area contributed by atoms with Crippen LogP contribution in [0.15, 0.2) is 71.5 Å². The standard InChI is InChI=1S/C25H24N4O3/c1-4-32-19-11-9-18(10-12-19)21-14-15-24(30)29(28-21)17(3)25(31)27-23-7-5-6-22-20(23)13-8-16(2)26-22/h5-15,17H,4H2,1-3H3,(H,27,31). The highest BCUT2D eigenvalue weighted by Gasteiger charge is 2.19. The molecule has 32 heavy (non-hydrogen) atoms. The van der Waals surface area contributed by atoms with Crippen molar-refractivity contribution in [3.05, 3.63) is 82.8 Å². The first-order valence-electron chi connectivity index (χ1n) is 10.5. The average molecular weight is 428 g/mol. The summed E-state index contributed by atoms with van der Waals surface area (Å²) >= 11 is 0. The SMILES string of the molecule is CCOc1ccc(-c2ccc(=O)n(C(C)C(=O)Nc3cccc4nc(C)ccc34)n2)cc1. The molecule has 0 aliphatic rings. The molecular weight excluding hydrogens is 404 g/mol. The fraction of sp³-hybridized carbons (Fsp3) is 0.200. The molecule has 2 heterocycles.